The van der Waals surface area contributed by atoms with Gasteiger partial charge in [0.25, 0.3) is 0 Å². The van der Waals surface area contributed by atoms with Gasteiger partial charge >= 0.3 is 0 Å². The summed E-state index contributed by atoms with van der Waals surface area (Å²) in [4.78, 5) is 4.44. The number of rotatable bonds is 1. The number of fused-ring (bicyclic) bond motifs is 1. The lowest BCUT2D eigenvalue weighted by Crippen LogP contribution is -1.95. The summed E-state index contributed by atoms with van der Waals surface area (Å²) in [6.45, 7) is 9.98. The molecule has 0 aliphatic rings. The van der Waals surface area contributed by atoms with Crippen LogP contribution < -0.4 is 0 Å². The van der Waals surface area contributed by atoms with Crippen LogP contribution in [0.3, 0.4) is 0 Å². The van der Waals surface area contributed by atoms with E-state index in [-0.39, 0.29) is 11.7 Å². The van der Waals surface area contributed by atoms with Gasteiger partial charge < -0.3 is 0 Å². The summed E-state index contributed by atoms with van der Waals surface area (Å²) in [5.41, 5.74) is 2.61. The number of benzene rings is 1. The zero-order valence-electron chi connectivity index (χ0n) is 11.2. The van der Waals surface area contributed by atoms with Gasteiger partial charge in [-0.15, -0.1) is 0 Å². The van der Waals surface area contributed by atoms with Gasteiger partial charge in [-0.1, -0.05) is 39.3 Å². The van der Waals surface area contributed by atoms with Gasteiger partial charge in [-0.2, -0.15) is 0 Å². The van der Waals surface area contributed by atoms with Gasteiger partial charge in [-0.3, -0.25) is 4.98 Å². The molecule has 17 heavy (non-hydrogen) atoms. The van der Waals surface area contributed by atoms with E-state index in [1.54, 1.807) is 0 Å². The summed E-state index contributed by atoms with van der Waals surface area (Å²) in [7, 11) is 0. The van der Waals surface area contributed by atoms with E-state index in [2.05, 4.69) is 4.98 Å². The maximum atomic E-state index is 13.7. The first-order valence-electron chi connectivity index (χ1n) is 6.14. The van der Waals surface area contributed by atoms with Gasteiger partial charge in [0.15, 0.2) is 0 Å². The number of hydrogen-bond donors (Lipinski definition) is 0. The first-order chi connectivity index (χ1) is 8.08. The second kappa shape index (κ2) is 5.76. The highest BCUT2D eigenvalue weighted by Crippen LogP contribution is 2.21. The van der Waals surface area contributed by atoms with Gasteiger partial charge in [-0.25, -0.2) is 4.39 Å². The van der Waals surface area contributed by atoms with Gasteiger partial charge in [0.1, 0.15) is 5.82 Å². The van der Waals surface area contributed by atoms with Crippen molar-refractivity contribution >= 4 is 10.9 Å². The summed E-state index contributed by atoms with van der Waals surface area (Å²) >= 11 is 0. The number of aromatic nitrogens is 1. The van der Waals surface area contributed by atoms with Crippen LogP contribution in [-0.4, -0.2) is 4.98 Å². The third-order valence-corrected chi connectivity index (χ3v) is 2.53. The van der Waals surface area contributed by atoms with Crippen LogP contribution >= 0.6 is 0 Å². The van der Waals surface area contributed by atoms with Crippen molar-refractivity contribution in [3.63, 3.8) is 0 Å². The zero-order chi connectivity index (χ0) is 13.0. The molecule has 2 aromatic rings. The van der Waals surface area contributed by atoms with E-state index in [1.807, 2.05) is 52.8 Å². The van der Waals surface area contributed by atoms with Gasteiger partial charge in [-0.05, 0) is 31.0 Å². The molecule has 0 saturated carbocycles. The third kappa shape index (κ3) is 3.02. The molecule has 0 bridgehead atoms. The molecule has 0 radical (unpaired) electrons. The summed E-state index contributed by atoms with van der Waals surface area (Å²) < 4.78 is 13.7. The number of halogens is 1. The second-order valence-electron chi connectivity index (χ2n) is 4.20. The minimum absolute atomic E-state index is 0.174. The highest BCUT2D eigenvalue weighted by molar-refractivity contribution is 5.80. The van der Waals surface area contributed by atoms with Crippen LogP contribution in [0.15, 0.2) is 24.3 Å². The van der Waals surface area contributed by atoms with Crippen LogP contribution in [0.2, 0.25) is 0 Å². The Balaban J connectivity index is 0.000000686. The number of nitrogens with zero attached hydrogens (tertiary/aromatic N) is 1. The summed E-state index contributed by atoms with van der Waals surface area (Å²) in [5.74, 6) is 0.0811. The molecule has 0 fully saturated rings. The van der Waals surface area contributed by atoms with Crippen molar-refractivity contribution in [1.82, 2.24) is 4.98 Å². The fourth-order valence-electron chi connectivity index (χ4n) is 1.61. The van der Waals surface area contributed by atoms with E-state index in [9.17, 15) is 4.39 Å². The molecule has 0 aliphatic heterocycles. The lowest BCUT2D eigenvalue weighted by Gasteiger charge is -2.07. The molecule has 1 nitrogen and oxygen atoms in total. The predicted molar refractivity (Wildman–Crippen MR) is 71.9 cm³/mol. The van der Waals surface area contributed by atoms with Crippen LogP contribution in [0.25, 0.3) is 10.9 Å². The van der Waals surface area contributed by atoms with E-state index in [1.165, 1.54) is 6.07 Å². The van der Waals surface area contributed by atoms with Gasteiger partial charge in [0, 0.05) is 11.1 Å². The number of pyridine rings is 1. The van der Waals surface area contributed by atoms with E-state index < -0.39 is 0 Å². The van der Waals surface area contributed by atoms with E-state index in [0.29, 0.717) is 5.39 Å². The maximum absolute atomic E-state index is 13.7. The molecule has 1 aromatic heterocycles. The standard InChI is InChI=1S/C13H14FN.C2H6/c1-8(2)13-7-11(14)10-6-9(3)4-5-12(10)15-13;1-2/h4-8H,1-3H3;1-2H3. The van der Waals surface area contributed by atoms with Crippen molar-refractivity contribution < 1.29 is 4.39 Å². The average molecular weight is 233 g/mol. The molecular formula is C15H20FN. The van der Waals surface area contributed by atoms with Crippen molar-refractivity contribution in [2.24, 2.45) is 0 Å². The molecule has 0 atom stereocenters. The molecule has 0 saturated heterocycles. The highest BCUT2D eigenvalue weighted by atomic mass is 19.1. The molecule has 0 spiro atoms. The molecule has 2 heteroatoms. The topological polar surface area (TPSA) is 12.9 Å². The third-order valence-electron chi connectivity index (χ3n) is 2.53. The molecule has 0 N–H and O–H groups in total. The number of aryl methyl sites for hydroxylation is 1. The van der Waals surface area contributed by atoms with E-state index in [4.69, 9.17) is 0 Å². The SMILES string of the molecule is CC.Cc1ccc2nc(C(C)C)cc(F)c2c1. The molecule has 1 heterocycles. The zero-order valence-corrected chi connectivity index (χ0v) is 11.2. The van der Waals surface area contributed by atoms with Crippen molar-refractivity contribution in [3.8, 4) is 0 Å². The Hall–Kier alpha value is -1.44. The van der Waals surface area contributed by atoms with Gasteiger partial charge in [0.2, 0.25) is 0 Å². The maximum Gasteiger partial charge on any atom is 0.134 e. The second-order valence-corrected chi connectivity index (χ2v) is 4.20. The summed E-state index contributed by atoms with van der Waals surface area (Å²) in [6.07, 6.45) is 0. The Morgan fingerprint density at radius 3 is 2.35 bits per heavy atom. The highest BCUT2D eigenvalue weighted by Gasteiger charge is 2.07. The quantitative estimate of drug-likeness (QED) is 0.687. The summed E-state index contributed by atoms with van der Waals surface area (Å²) in [5, 5.41) is 0.611. The first kappa shape index (κ1) is 13.6. The minimum Gasteiger partial charge on any atom is -0.252 e. The molecule has 92 valence electrons. The predicted octanol–water partition coefficient (Wildman–Crippen LogP) is 4.83. The Labute approximate surface area is 103 Å². The van der Waals surface area contributed by atoms with Crippen LogP contribution in [0.5, 0.6) is 0 Å². The molecular weight excluding hydrogens is 213 g/mol. The van der Waals surface area contributed by atoms with E-state index >= 15 is 0 Å². The molecule has 1 aromatic carbocycles. The van der Waals surface area contributed by atoms with Crippen molar-refractivity contribution in [3.05, 3.63) is 41.3 Å². The van der Waals surface area contributed by atoms with Crippen LogP contribution in [0, 0.1) is 12.7 Å². The van der Waals surface area contributed by atoms with Crippen molar-refractivity contribution in [1.29, 1.82) is 0 Å². The normalized spacial score (nSPS) is 10.3. The van der Waals surface area contributed by atoms with Crippen LogP contribution in [-0.2, 0) is 0 Å². The smallest absolute Gasteiger partial charge is 0.134 e. The monoisotopic (exact) mass is 233 g/mol. The lowest BCUT2D eigenvalue weighted by atomic mass is 10.1. The van der Waals surface area contributed by atoms with Crippen LogP contribution in [0.1, 0.15) is 44.9 Å². The fraction of sp³-hybridized carbons (Fsp3) is 0.400. The largest absolute Gasteiger partial charge is 0.252 e. The molecule has 0 aliphatic carbocycles. The lowest BCUT2D eigenvalue weighted by molar-refractivity contribution is 0.632. The van der Waals surface area contributed by atoms with Crippen molar-refractivity contribution in [2.45, 2.75) is 40.5 Å². The Morgan fingerprint density at radius 2 is 1.76 bits per heavy atom. The minimum atomic E-state index is -0.174. The molecule has 0 amide bonds. The fourth-order valence-corrected chi connectivity index (χ4v) is 1.61. The molecule has 0 unspecified atom stereocenters. The Bertz CT molecular complexity index is 503. The molecule has 2 rings (SSSR count). The van der Waals surface area contributed by atoms with Crippen LogP contribution in [0.4, 0.5) is 4.39 Å². The Morgan fingerprint density at radius 1 is 1.12 bits per heavy atom. The summed E-state index contributed by atoms with van der Waals surface area (Å²) in [6, 6.07) is 7.20. The Kier molecular flexibility index (Phi) is 4.62. The van der Waals surface area contributed by atoms with Gasteiger partial charge in [0.05, 0.1) is 5.52 Å². The first-order valence-corrected chi connectivity index (χ1v) is 6.14. The average Bonchev–Trinajstić information content (AvgIpc) is 2.32. The van der Waals surface area contributed by atoms with E-state index in [0.717, 1.165) is 16.8 Å². The van der Waals surface area contributed by atoms with Crippen molar-refractivity contribution in [2.75, 3.05) is 0 Å². The number of hydrogen-bond acceptors (Lipinski definition) is 1.